The van der Waals surface area contributed by atoms with Crippen molar-refractivity contribution in [3.63, 3.8) is 0 Å². The van der Waals surface area contributed by atoms with Crippen molar-refractivity contribution in [1.29, 1.82) is 0 Å². The Morgan fingerprint density at radius 1 is 1.33 bits per heavy atom. The smallest absolute Gasteiger partial charge is 0.119 e. The number of methoxy groups -OCH3 is 1. The zero-order valence-corrected chi connectivity index (χ0v) is 14.7. The Hall–Kier alpha value is -0.670. The van der Waals surface area contributed by atoms with Gasteiger partial charge in [0.2, 0.25) is 0 Å². The van der Waals surface area contributed by atoms with Crippen molar-refractivity contribution in [3.05, 3.63) is 29.3 Å². The molecule has 1 aromatic rings. The lowest BCUT2D eigenvalue weighted by atomic mass is 9.87. The molecule has 1 aliphatic rings. The molecule has 0 fully saturated rings. The first-order chi connectivity index (χ1) is 10.2. The average Bonchev–Trinajstić information content (AvgIpc) is 2.56. The lowest BCUT2D eigenvalue weighted by Gasteiger charge is -2.34. The predicted molar refractivity (Wildman–Crippen MR) is 93.5 cm³/mol. The van der Waals surface area contributed by atoms with Gasteiger partial charge in [0.05, 0.1) is 7.11 Å². The second-order valence-electron chi connectivity index (χ2n) is 5.98. The fourth-order valence-corrected chi connectivity index (χ4v) is 4.10. The fraction of sp³-hybridized carbons (Fsp3) is 0.667. The molecule has 1 aliphatic carbocycles. The van der Waals surface area contributed by atoms with Crippen LogP contribution >= 0.6 is 11.8 Å². The summed E-state index contributed by atoms with van der Waals surface area (Å²) in [5.74, 6) is 0.981. The third kappa shape index (κ3) is 3.75. The lowest BCUT2D eigenvalue weighted by Crippen LogP contribution is -2.39. The normalized spacial score (nSPS) is 18.4. The van der Waals surface area contributed by atoms with Crippen molar-refractivity contribution in [2.45, 2.75) is 56.7 Å². The Balaban J connectivity index is 2.10. The molecule has 21 heavy (non-hydrogen) atoms. The summed E-state index contributed by atoms with van der Waals surface area (Å²) in [6, 6.07) is 7.07. The van der Waals surface area contributed by atoms with E-state index in [4.69, 9.17) is 4.74 Å². The van der Waals surface area contributed by atoms with Crippen LogP contribution in [0.2, 0.25) is 0 Å². The number of ether oxygens (including phenoxy) is 1. The summed E-state index contributed by atoms with van der Waals surface area (Å²) in [6.07, 6.45) is 8.38. The van der Waals surface area contributed by atoms with Crippen LogP contribution in [0.25, 0.3) is 0 Å². The number of aryl methyl sites for hydroxylation is 1. The topological polar surface area (TPSA) is 21.3 Å². The molecule has 1 N–H and O–H groups in total. The van der Waals surface area contributed by atoms with Gasteiger partial charge < -0.3 is 10.1 Å². The van der Waals surface area contributed by atoms with Gasteiger partial charge in [-0.05, 0) is 61.6 Å². The van der Waals surface area contributed by atoms with E-state index in [-0.39, 0.29) is 0 Å². The fourth-order valence-electron chi connectivity index (χ4n) is 3.30. The zero-order chi connectivity index (χ0) is 15.3. The van der Waals surface area contributed by atoms with E-state index in [9.17, 15) is 0 Å². The summed E-state index contributed by atoms with van der Waals surface area (Å²) in [5, 5.41) is 3.85. The minimum absolute atomic E-state index is 0.379. The molecule has 0 radical (unpaired) electrons. The molecule has 0 amide bonds. The molecule has 0 heterocycles. The van der Waals surface area contributed by atoms with Gasteiger partial charge in [0.25, 0.3) is 0 Å². The van der Waals surface area contributed by atoms with Crippen LogP contribution in [0.5, 0.6) is 5.75 Å². The summed E-state index contributed by atoms with van der Waals surface area (Å²) < 4.78 is 5.74. The summed E-state index contributed by atoms with van der Waals surface area (Å²) in [4.78, 5) is 0. The van der Waals surface area contributed by atoms with Crippen molar-refractivity contribution >= 4 is 11.8 Å². The summed E-state index contributed by atoms with van der Waals surface area (Å²) in [7, 11) is 1.75. The minimum atomic E-state index is 0.379. The van der Waals surface area contributed by atoms with Gasteiger partial charge in [0.1, 0.15) is 5.75 Å². The molecule has 3 heteroatoms. The van der Waals surface area contributed by atoms with Gasteiger partial charge in [-0.1, -0.05) is 19.9 Å². The van der Waals surface area contributed by atoms with Crippen molar-refractivity contribution < 1.29 is 4.74 Å². The molecule has 0 saturated carbocycles. The Labute approximate surface area is 134 Å². The van der Waals surface area contributed by atoms with E-state index in [1.54, 1.807) is 7.11 Å². The molecule has 0 saturated heterocycles. The van der Waals surface area contributed by atoms with Crippen LogP contribution in [0.1, 0.15) is 56.7 Å². The zero-order valence-electron chi connectivity index (χ0n) is 13.9. The van der Waals surface area contributed by atoms with E-state index < -0.39 is 0 Å². The van der Waals surface area contributed by atoms with Gasteiger partial charge in [-0.3, -0.25) is 0 Å². The molecule has 1 unspecified atom stereocenters. The van der Waals surface area contributed by atoms with Gasteiger partial charge in [-0.2, -0.15) is 11.8 Å². The molecular weight excluding hydrogens is 278 g/mol. The third-order valence-corrected chi connectivity index (χ3v) is 6.64. The van der Waals surface area contributed by atoms with Gasteiger partial charge >= 0.3 is 0 Å². The van der Waals surface area contributed by atoms with Gasteiger partial charge in [0, 0.05) is 17.3 Å². The Morgan fingerprint density at radius 2 is 2.10 bits per heavy atom. The van der Waals surface area contributed by atoms with Crippen LogP contribution in [-0.4, -0.2) is 24.7 Å². The maximum absolute atomic E-state index is 5.36. The largest absolute Gasteiger partial charge is 0.497 e. The minimum Gasteiger partial charge on any atom is -0.497 e. The predicted octanol–water partition coefficient (Wildman–Crippen LogP) is 4.58. The van der Waals surface area contributed by atoms with Gasteiger partial charge in [-0.15, -0.1) is 0 Å². The number of fused-ring (bicyclic) bond motifs is 1. The molecule has 1 aromatic carbocycles. The highest BCUT2D eigenvalue weighted by molar-refractivity contribution is 8.00. The van der Waals surface area contributed by atoms with Gasteiger partial charge in [0.15, 0.2) is 0 Å². The molecule has 0 aliphatic heterocycles. The number of rotatable bonds is 7. The highest BCUT2D eigenvalue weighted by atomic mass is 32.2. The summed E-state index contributed by atoms with van der Waals surface area (Å²) >= 11 is 2.01. The first-order valence-corrected chi connectivity index (χ1v) is 9.36. The van der Waals surface area contributed by atoms with E-state index in [0.29, 0.717) is 10.8 Å². The second kappa shape index (κ2) is 7.55. The molecule has 0 bridgehead atoms. The van der Waals surface area contributed by atoms with Crippen LogP contribution in [0, 0.1) is 0 Å². The van der Waals surface area contributed by atoms with Crippen molar-refractivity contribution in [2.24, 2.45) is 0 Å². The lowest BCUT2D eigenvalue weighted by molar-refractivity contribution is 0.401. The quantitative estimate of drug-likeness (QED) is 0.796. The molecule has 2 rings (SSSR count). The SMILES string of the molecule is CCC(CC)(CNC1CCCc2cc(OC)ccc21)SC. The number of nitrogens with one attached hydrogen (secondary N) is 1. The number of thioether (sulfide) groups is 1. The Kier molecular flexibility index (Phi) is 6.00. The van der Waals surface area contributed by atoms with E-state index in [0.717, 1.165) is 12.3 Å². The highest BCUT2D eigenvalue weighted by Gasteiger charge is 2.27. The Bertz CT molecular complexity index is 448. The van der Waals surface area contributed by atoms with Crippen molar-refractivity contribution in [1.82, 2.24) is 5.32 Å². The van der Waals surface area contributed by atoms with E-state index in [1.165, 1.54) is 43.2 Å². The maximum Gasteiger partial charge on any atom is 0.119 e. The van der Waals surface area contributed by atoms with Crippen LogP contribution in [0.15, 0.2) is 18.2 Å². The van der Waals surface area contributed by atoms with Crippen LogP contribution in [0.3, 0.4) is 0 Å². The maximum atomic E-state index is 5.36. The molecule has 0 spiro atoms. The Morgan fingerprint density at radius 3 is 2.71 bits per heavy atom. The third-order valence-electron chi connectivity index (χ3n) is 5.06. The highest BCUT2D eigenvalue weighted by Crippen LogP contribution is 2.34. The molecule has 2 nitrogen and oxygen atoms in total. The number of benzene rings is 1. The molecule has 1 atom stereocenters. The van der Waals surface area contributed by atoms with E-state index >= 15 is 0 Å². The molecular formula is C18H29NOS. The van der Waals surface area contributed by atoms with E-state index in [1.807, 2.05) is 11.8 Å². The van der Waals surface area contributed by atoms with Crippen LogP contribution in [0.4, 0.5) is 0 Å². The van der Waals surface area contributed by atoms with E-state index in [2.05, 4.69) is 43.6 Å². The number of hydrogen-bond acceptors (Lipinski definition) is 3. The first kappa shape index (κ1) is 16.7. The average molecular weight is 308 g/mol. The molecule has 0 aromatic heterocycles. The van der Waals surface area contributed by atoms with Crippen LogP contribution < -0.4 is 10.1 Å². The van der Waals surface area contributed by atoms with Gasteiger partial charge in [-0.25, -0.2) is 0 Å². The van der Waals surface area contributed by atoms with Crippen LogP contribution in [-0.2, 0) is 6.42 Å². The summed E-state index contributed by atoms with van der Waals surface area (Å²) in [6.45, 7) is 5.71. The number of hydrogen-bond donors (Lipinski definition) is 1. The van der Waals surface area contributed by atoms with Crippen molar-refractivity contribution in [2.75, 3.05) is 19.9 Å². The van der Waals surface area contributed by atoms with Crippen molar-refractivity contribution in [3.8, 4) is 5.75 Å². The standard InChI is InChI=1S/C18H29NOS/c1-5-18(6-2,21-4)13-19-17-9-7-8-14-12-15(20-3)10-11-16(14)17/h10-12,17,19H,5-9,13H2,1-4H3. The first-order valence-electron chi connectivity index (χ1n) is 8.13. The summed E-state index contributed by atoms with van der Waals surface area (Å²) in [5.41, 5.74) is 2.94. The molecule has 118 valence electrons. The second-order valence-corrected chi connectivity index (χ2v) is 7.26. The monoisotopic (exact) mass is 307 g/mol.